The number of benzene rings is 1. The molecule has 2 rings (SSSR count). The van der Waals surface area contributed by atoms with Gasteiger partial charge in [0, 0.05) is 18.5 Å². The highest BCUT2D eigenvalue weighted by Gasteiger charge is 2.11. The molecule has 102 valence electrons. The highest BCUT2D eigenvalue weighted by molar-refractivity contribution is 7.14. The van der Waals surface area contributed by atoms with Gasteiger partial charge in [-0.15, -0.1) is 10.2 Å². The number of hydrogen-bond acceptors (Lipinski definition) is 4. The summed E-state index contributed by atoms with van der Waals surface area (Å²) in [6, 6.07) is 5.55. The summed E-state index contributed by atoms with van der Waals surface area (Å²) >= 11 is 13.7. The summed E-state index contributed by atoms with van der Waals surface area (Å²) in [6.07, 6.45) is 2.02. The zero-order valence-corrected chi connectivity index (χ0v) is 12.9. The average molecular weight is 316 g/mol. The van der Waals surface area contributed by atoms with Crippen molar-refractivity contribution in [1.82, 2.24) is 15.5 Å². The van der Waals surface area contributed by atoms with Crippen LogP contribution in [-0.4, -0.2) is 23.3 Å². The van der Waals surface area contributed by atoms with Crippen LogP contribution in [0.1, 0.15) is 18.4 Å². The third kappa shape index (κ3) is 3.89. The molecule has 0 aliphatic carbocycles. The fraction of sp³-hybridized carbons (Fsp3) is 0.385. The molecule has 0 spiro atoms. The second kappa shape index (κ2) is 7.20. The minimum absolute atomic E-state index is 0.538. The third-order valence-corrected chi connectivity index (χ3v) is 4.43. The van der Waals surface area contributed by atoms with Gasteiger partial charge >= 0.3 is 0 Å². The average Bonchev–Trinajstić information content (AvgIpc) is 2.87. The molecule has 0 aliphatic heterocycles. The number of aromatic nitrogens is 2. The Morgan fingerprint density at radius 1 is 1.21 bits per heavy atom. The molecule has 2 aromatic rings. The number of hydrogen-bond donors (Lipinski definition) is 1. The molecular weight excluding hydrogens is 301 g/mol. The summed E-state index contributed by atoms with van der Waals surface area (Å²) in [7, 11) is 0. The molecule has 0 bridgehead atoms. The summed E-state index contributed by atoms with van der Waals surface area (Å²) in [5.74, 6) is 0. The maximum Gasteiger partial charge on any atom is 0.149 e. The lowest BCUT2D eigenvalue weighted by Gasteiger charge is -2.00. The van der Waals surface area contributed by atoms with E-state index < -0.39 is 0 Å². The van der Waals surface area contributed by atoms with Gasteiger partial charge in [-0.05, 0) is 19.0 Å². The minimum Gasteiger partial charge on any atom is -0.316 e. The molecular formula is C13H15Cl2N3S. The number of halogens is 2. The van der Waals surface area contributed by atoms with Gasteiger partial charge in [0.25, 0.3) is 0 Å². The maximum atomic E-state index is 6.18. The SMILES string of the molecule is CCCNCCc1nnc(-c2cccc(Cl)c2Cl)s1. The van der Waals surface area contributed by atoms with Crippen molar-refractivity contribution in [2.24, 2.45) is 0 Å². The normalized spacial score (nSPS) is 10.9. The van der Waals surface area contributed by atoms with Crippen LogP contribution in [0.3, 0.4) is 0 Å². The van der Waals surface area contributed by atoms with Crippen molar-refractivity contribution in [3.63, 3.8) is 0 Å². The van der Waals surface area contributed by atoms with Gasteiger partial charge in [-0.25, -0.2) is 0 Å². The van der Waals surface area contributed by atoms with Crippen molar-refractivity contribution in [3.05, 3.63) is 33.3 Å². The number of rotatable bonds is 6. The Morgan fingerprint density at radius 3 is 2.84 bits per heavy atom. The van der Waals surface area contributed by atoms with Crippen molar-refractivity contribution in [1.29, 1.82) is 0 Å². The van der Waals surface area contributed by atoms with Crippen LogP contribution < -0.4 is 5.32 Å². The van der Waals surface area contributed by atoms with E-state index in [1.54, 1.807) is 17.4 Å². The first-order valence-corrected chi connectivity index (χ1v) is 7.77. The van der Waals surface area contributed by atoms with Crippen LogP contribution in [0.25, 0.3) is 10.6 Å². The van der Waals surface area contributed by atoms with Crippen LogP contribution in [0.5, 0.6) is 0 Å². The first-order chi connectivity index (χ1) is 9.22. The van der Waals surface area contributed by atoms with Crippen LogP contribution in [0.15, 0.2) is 18.2 Å². The number of nitrogens with zero attached hydrogens (tertiary/aromatic N) is 2. The molecule has 6 heteroatoms. The van der Waals surface area contributed by atoms with E-state index in [1.807, 2.05) is 12.1 Å². The molecule has 0 atom stereocenters. The second-order valence-corrected chi connectivity index (χ2v) is 5.95. The predicted molar refractivity (Wildman–Crippen MR) is 82.2 cm³/mol. The summed E-state index contributed by atoms with van der Waals surface area (Å²) in [5.41, 5.74) is 0.847. The largest absolute Gasteiger partial charge is 0.316 e. The van der Waals surface area contributed by atoms with Crippen LogP contribution in [0.2, 0.25) is 10.0 Å². The van der Waals surface area contributed by atoms with Crippen molar-refractivity contribution in [3.8, 4) is 10.6 Å². The lowest BCUT2D eigenvalue weighted by atomic mass is 10.2. The predicted octanol–water partition coefficient (Wildman–Crippen LogP) is 4.05. The maximum absolute atomic E-state index is 6.18. The fourth-order valence-corrected chi connectivity index (χ4v) is 2.95. The van der Waals surface area contributed by atoms with E-state index >= 15 is 0 Å². The Hall–Kier alpha value is -0.680. The van der Waals surface area contributed by atoms with Crippen LogP contribution in [-0.2, 0) is 6.42 Å². The van der Waals surface area contributed by atoms with Crippen LogP contribution >= 0.6 is 34.5 Å². The minimum atomic E-state index is 0.538. The van der Waals surface area contributed by atoms with Crippen molar-refractivity contribution in [2.45, 2.75) is 19.8 Å². The molecule has 1 N–H and O–H groups in total. The Morgan fingerprint density at radius 2 is 2.05 bits per heavy atom. The number of nitrogens with one attached hydrogen (secondary N) is 1. The van der Waals surface area contributed by atoms with E-state index in [9.17, 15) is 0 Å². The molecule has 0 radical (unpaired) electrons. The Bertz CT molecular complexity index is 542. The van der Waals surface area contributed by atoms with Crippen molar-refractivity contribution in [2.75, 3.05) is 13.1 Å². The molecule has 1 heterocycles. The highest BCUT2D eigenvalue weighted by atomic mass is 35.5. The summed E-state index contributed by atoms with van der Waals surface area (Å²) < 4.78 is 0. The first kappa shape index (κ1) is 14.7. The van der Waals surface area contributed by atoms with Crippen LogP contribution in [0.4, 0.5) is 0 Å². The van der Waals surface area contributed by atoms with Gasteiger partial charge in [-0.2, -0.15) is 0 Å². The lowest BCUT2D eigenvalue weighted by Crippen LogP contribution is -2.17. The zero-order valence-electron chi connectivity index (χ0n) is 10.6. The molecule has 1 aromatic carbocycles. The van der Waals surface area contributed by atoms with E-state index in [2.05, 4.69) is 22.4 Å². The summed E-state index contributed by atoms with van der Waals surface area (Å²) in [6.45, 7) is 4.11. The smallest absolute Gasteiger partial charge is 0.149 e. The van der Waals surface area contributed by atoms with Gasteiger partial charge in [0.15, 0.2) is 0 Å². The molecule has 3 nitrogen and oxygen atoms in total. The van der Waals surface area contributed by atoms with E-state index in [4.69, 9.17) is 23.2 Å². The van der Waals surface area contributed by atoms with Gasteiger partial charge < -0.3 is 5.32 Å². The van der Waals surface area contributed by atoms with Crippen molar-refractivity contribution < 1.29 is 0 Å². The van der Waals surface area contributed by atoms with Gasteiger partial charge in [-0.3, -0.25) is 0 Å². The van der Waals surface area contributed by atoms with E-state index in [1.165, 1.54) is 0 Å². The zero-order chi connectivity index (χ0) is 13.7. The third-order valence-electron chi connectivity index (χ3n) is 2.59. The molecule has 0 amide bonds. The quantitative estimate of drug-likeness (QED) is 0.817. The monoisotopic (exact) mass is 315 g/mol. The van der Waals surface area contributed by atoms with Gasteiger partial charge in [0.05, 0.1) is 10.0 Å². The summed E-state index contributed by atoms with van der Waals surface area (Å²) in [4.78, 5) is 0. The lowest BCUT2D eigenvalue weighted by molar-refractivity contribution is 0.668. The van der Waals surface area contributed by atoms with E-state index in [-0.39, 0.29) is 0 Å². The summed E-state index contributed by atoms with van der Waals surface area (Å²) in [5, 5.41) is 14.6. The Labute approximate surface area is 127 Å². The van der Waals surface area contributed by atoms with Crippen LogP contribution in [0, 0.1) is 0 Å². The van der Waals surface area contributed by atoms with Gasteiger partial charge in [0.1, 0.15) is 10.0 Å². The standard InChI is InChI=1S/C13H15Cl2N3S/c1-2-7-16-8-6-11-17-18-13(19-11)9-4-3-5-10(14)12(9)15/h3-5,16H,2,6-8H2,1H3. The fourth-order valence-electron chi connectivity index (χ4n) is 1.63. The molecule has 1 aromatic heterocycles. The Kier molecular flexibility index (Phi) is 5.58. The van der Waals surface area contributed by atoms with Gasteiger partial charge in [-0.1, -0.05) is 53.6 Å². The van der Waals surface area contributed by atoms with Crippen molar-refractivity contribution >= 4 is 34.5 Å². The molecule has 0 fully saturated rings. The van der Waals surface area contributed by atoms with E-state index in [0.29, 0.717) is 10.0 Å². The molecule has 0 aliphatic rings. The molecule has 0 unspecified atom stereocenters. The molecule has 0 saturated heterocycles. The van der Waals surface area contributed by atoms with Gasteiger partial charge in [0.2, 0.25) is 0 Å². The van der Waals surface area contributed by atoms with E-state index in [0.717, 1.165) is 41.5 Å². The molecule has 0 saturated carbocycles. The first-order valence-electron chi connectivity index (χ1n) is 6.20. The molecule has 19 heavy (non-hydrogen) atoms. The highest BCUT2D eigenvalue weighted by Crippen LogP contribution is 2.34. The Balaban J connectivity index is 2.06. The second-order valence-electron chi connectivity index (χ2n) is 4.10. The topological polar surface area (TPSA) is 37.8 Å².